The Kier molecular flexibility index (Phi) is 9.41. The number of hydrogen-bond donors (Lipinski definition) is 3. The van der Waals surface area contributed by atoms with Gasteiger partial charge in [0.25, 0.3) is 11.8 Å². The fourth-order valence-electron chi connectivity index (χ4n) is 5.64. The number of rotatable bonds is 9. The fourth-order valence-corrected chi connectivity index (χ4v) is 6.38. The first-order valence-corrected chi connectivity index (χ1v) is 14.8. The van der Waals surface area contributed by atoms with Crippen LogP contribution in [-0.4, -0.2) is 40.2 Å². The summed E-state index contributed by atoms with van der Waals surface area (Å²) in [6.07, 6.45) is 10.6. The van der Waals surface area contributed by atoms with Gasteiger partial charge in [-0.25, -0.2) is 0 Å². The minimum atomic E-state index is -0.699. The van der Waals surface area contributed by atoms with E-state index in [0.717, 1.165) is 80.4 Å². The van der Waals surface area contributed by atoms with Gasteiger partial charge in [-0.1, -0.05) is 57.6 Å². The van der Waals surface area contributed by atoms with Gasteiger partial charge in [0, 0.05) is 17.8 Å². The average Bonchev–Trinajstić information content (AvgIpc) is 3.55. The first kappa shape index (κ1) is 28.1. The van der Waals surface area contributed by atoms with Crippen LogP contribution in [0.25, 0.3) is 0 Å². The molecule has 1 atom stereocenters. The highest BCUT2D eigenvalue weighted by atomic mass is 32.1. The molecule has 0 aliphatic heterocycles. The summed E-state index contributed by atoms with van der Waals surface area (Å²) in [6.45, 7) is 5.91. The van der Waals surface area contributed by atoms with Gasteiger partial charge in [-0.3, -0.25) is 19.3 Å². The summed E-state index contributed by atoms with van der Waals surface area (Å²) in [7, 11) is 0. The molecular formula is C29H41N5O3S. The second-order valence-electron chi connectivity index (χ2n) is 10.8. The van der Waals surface area contributed by atoms with Crippen molar-refractivity contribution in [1.29, 1.82) is 0 Å². The van der Waals surface area contributed by atoms with E-state index in [-0.39, 0.29) is 40.2 Å². The second-order valence-corrected chi connectivity index (χ2v) is 11.6. The Morgan fingerprint density at radius 3 is 2.32 bits per heavy atom. The molecule has 206 valence electrons. The van der Waals surface area contributed by atoms with Gasteiger partial charge < -0.3 is 16.4 Å². The van der Waals surface area contributed by atoms with Crippen LogP contribution in [0.5, 0.6) is 0 Å². The Morgan fingerprint density at radius 1 is 1.03 bits per heavy atom. The highest BCUT2D eigenvalue weighted by Gasteiger charge is 2.36. The van der Waals surface area contributed by atoms with Crippen LogP contribution in [0.3, 0.4) is 0 Å². The number of hydrogen-bond acceptors (Lipinski definition) is 6. The number of nitrogen functional groups attached to an aromatic ring is 1. The maximum absolute atomic E-state index is 14.2. The molecule has 0 radical (unpaired) electrons. The van der Waals surface area contributed by atoms with Crippen LogP contribution >= 0.6 is 11.5 Å². The molecule has 4 N–H and O–H groups in total. The highest BCUT2D eigenvalue weighted by molar-refractivity contribution is 7.09. The summed E-state index contributed by atoms with van der Waals surface area (Å²) in [5.74, 6) is -0.885. The molecule has 3 amide bonds. The van der Waals surface area contributed by atoms with E-state index in [1.165, 1.54) is 6.42 Å². The zero-order valence-electron chi connectivity index (χ0n) is 22.8. The molecule has 38 heavy (non-hydrogen) atoms. The number of nitrogens with two attached hydrogens (primary N) is 1. The van der Waals surface area contributed by atoms with Crippen molar-refractivity contribution in [3.05, 3.63) is 39.9 Å². The van der Waals surface area contributed by atoms with E-state index in [9.17, 15) is 14.4 Å². The lowest BCUT2D eigenvalue weighted by Gasteiger charge is -2.33. The van der Waals surface area contributed by atoms with Gasteiger partial charge in [0.15, 0.2) is 5.69 Å². The largest absolute Gasteiger partial charge is 0.395 e. The number of carbonyl (C=O) groups excluding carboxylic acids is 3. The predicted octanol–water partition coefficient (Wildman–Crippen LogP) is 5.28. The molecule has 2 saturated carbocycles. The van der Waals surface area contributed by atoms with E-state index in [1.54, 1.807) is 4.90 Å². The van der Waals surface area contributed by atoms with E-state index in [2.05, 4.69) is 15.0 Å². The molecule has 1 heterocycles. The van der Waals surface area contributed by atoms with Crippen LogP contribution in [-0.2, 0) is 4.79 Å². The van der Waals surface area contributed by atoms with Crippen LogP contribution in [0.4, 0.5) is 11.4 Å². The van der Waals surface area contributed by atoms with Gasteiger partial charge in [0.2, 0.25) is 5.91 Å². The molecule has 2 fully saturated rings. The Morgan fingerprint density at radius 2 is 1.66 bits per heavy atom. The van der Waals surface area contributed by atoms with Crippen molar-refractivity contribution in [3.63, 3.8) is 0 Å². The van der Waals surface area contributed by atoms with E-state index in [4.69, 9.17) is 5.73 Å². The van der Waals surface area contributed by atoms with Crippen LogP contribution < -0.4 is 21.3 Å². The maximum atomic E-state index is 14.2. The lowest BCUT2D eigenvalue weighted by molar-refractivity contribution is -0.123. The Hall–Kier alpha value is -2.94. The SMILES string of the molecule is CCC[C@@H](C(=O)NC1CCCC1)N(C(=O)c1snc(C(=O)NC2CCCCC2)c1N)c1cc(C)ccc1C. The summed E-state index contributed by atoms with van der Waals surface area (Å²) in [5.41, 5.74) is 9.13. The number of aryl methyl sites for hydroxylation is 2. The molecule has 4 rings (SSSR count). The third kappa shape index (κ3) is 6.37. The van der Waals surface area contributed by atoms with Gasteiger partial charge in [-0.2, -0.15) is 4.37 Å². The number of amides is 3. The highest BCUT2D eigenvalue weighted by Crippen LogP contribution is 2.32. The minimum absolute atomic E-state index is 0.0788. The Bertz CT molecular complexity index is 1150. The van der Waals surface area contributed by atoms with E-state index >= 15 is 0 Å². The Balaban J connectivity index is 1.67. The number of aromatic nitrogens is 1. The van der Waals surface area contributed by atoms with Crippen LogP contribution in [0.2, 0.25) is 0 Å². The Labute approximate surface area is 229 Å². The van der Waals surface area contributed by atoms with E-state index in [0.29, 0.717) is 12.1 Å². The number of nitrogens with zero attached hydrogens (tertiary/aromatic N) is 2. The summed E-state index contributed by atoms with van der Waals surface area (Å²) in [5, 5.41) is 6.24. The molecule has 0 unspecified atom stereocenters. The van der Waals surface area contributed by atoms with Crippen molar-refractivity contribution >= 4 is 40.6 Å². The van der Waals surface area contributed by atoms with Gasteiger partial charge in [0.05, 0.1) is 5.69 Å². The molecular weight excluding hydrogens is 498 g/mol. The third-order valence-corrected chi connectivity index (χ3v) is 8.65. The third-order valence-electron chi connectivity index (χ3n) is 7.80. The van der Waals surface area contributed by atoms with Crippen molar-refractivity contribution in [2.75, 3.05) is 10.6 Å². The molecule has 2 aliphatic carbocycles. The van der Waals surface area contributed by atoms with Gasteiger partial charge >= 0.3 is 0 Å². The summed E-state index contributed by atoms with van der Waals surface area (Å²) >= 11 is 0.929. The quantitative estimate of drug-likeness (QED) is 0.401. The van der Waals surface area contributed by atoms with Crippen molar-refractivity contribution in [3.8, 4) is 0 Å². The van der Waals surface area contributed by atoms with Gasteiger partial charge in [0.1, 0.15) is 10.9 Å². The maximum Gasteiger partial charge on any atom is 0.273 e. The zero-order valence-corrected chi connectivity index (χ0v) is 23.7. The van der Waals surface area contributed by atoms with E-state index in [1.807, 2.05) is 39.0 Å². The first-order chi connectivity index (χ1) is 18.3. The molecule has 0 bridgehead atoms. The van der Waals surface area contributed by atoms with Crippen LogP contribution in [0.1, 0.15) is 109 Å². The van der Waals surface area contributed by atoms with Crippen LogP contribution in [0.15, 0.2) is 18.2 Å². The molecule has 0 spiro atoms. The normalized spacial score (nSPS) is 17.2. The molecule has 1 aromatic carbocycles. The molecule has 8 nitrogen and oxygen atoms in total. The topological polar surface area (TPSA) is 117 Å². The fraction of sp³-hybridized carbons (Fsp3) is 0.586. The standard InChI is InChI=1S/C29H41N5O3S/c1-4-10-22(27(35)31-20-13-8-9-14-20)34(23-17-18(2)15-16-19(23)3)29(37)26-24(30)25(33-38-26)28(36)32-21-11-6-5-7-12-21/h15-17,20-22H,4-14,30H2,1-3H3,(H,31,35)(H,32,36)/t22-/m0/s1. The first-order valence-electron chi connectivity index (χ1n) is 14.1. The number of nitrogens with one attached hydrogen (secondary N) is 2. The molecule has 0 saturated heterocycles. The summed E-state index contributed by atoms with van der Waals surface area (Å²) in [6, 6.07) is 5.44. The number of benzene rings is 1. The second kappa shape index (κ2) is 12.7. The molecule has 2 aromatic rings. The molecule has 9 heteroatoms. The lowest BCUT2D eigenvalue weighted by Crippen LogP contribution is -2.52. The zero-order chi connectivity index (χ0) is 27.2. The minimum Gasteiger partial charge on any atom is -0.395 e. The summed E-state index contributed by atoms with van der Waals surface area (Å²) in [4.78, 5) is 42.6. The average molecular weight is 540 g/mol. The number of anilines is 2. The van der Waals surface area contributed by atoms with Crippen LogP contribution in [0, 0.1) is 13.8 Å². The predicted molar refractivity (Wildman–Crippen MR) is 153 cm³/mol. The number of carbonyl (C=O) groups is 3. The van der Waals surface area contributed by atoms with Gasteiger partial charge in [-0.15, -0.1) is 0 Å². The summed E-state index contributed by atoms with van der Waals surface area (Å²) < 4.78 is 4.31. The smallest absolute Gasteiger partial charge is 0.273 e. The molecule has 1 aromatic heterocycles. The van der Waals surface area contributed by atoms with Crippen molar-refractivity contribution in [2.24, 2.45) is 0 Å². The van der Waals surface area contributed by atoms with Gasteiger partial charge in [-0.05, 0) is 74.7 Å². The molecule has 2 aliphatic rings. The van der Waals surface area contributed by atoms with Crippen molar-refractivity contribution in [1.82, 2.24) is 15.0 Å². The monoisotopic (exact) mass is 539 g/mol. The van der Waals surface area contributed by atoms with Crippen molar-refractivity contribution in [2.45, 2.75) is 110 Å². The van der Waals surface area contributed by atoms with Crippen molar-refractivity contribution < 1.29 is 14.4 Å². The van der Waals surface area contributed by atoms with E-state index < -0.39 is 11.9 Å². The lowest BCUT2D eigenvalue weighted by atomic mass is 9.95.